The first-order valence-corrected chi connectivity index (χ1v) is 6.62. The number of hydrogen-bond acceptors (Lipinski definition) is 5. The SMILES string of the molecule is O=[N+]([O-])c1ccc(OCCc2cccs2)c(CO)c1. The number of thiophene rings is 1. The van der Waals surface area contributed by atoms with Gasteiger partial charge in [0.15, 0.2) is 0 Å². The zero-order valence-electron chi connectivity index (χ0n) is 10.1. The van der Waals surface area contributed by atoms with Crippen molar-refractivity contribution in [2.45, 2.75) is 13.0 Å². The van der Waals surface area contributed by atoms with Gasteiger partial charge in [-0.3, -0.25) is 10.1 Å². The number of nitrogens with zero attached hydrogens (tertiary/aromatic N) is 1. The van der Waals surface area contributed by atoms with Crippen molar-refractivity contribution in [2.75, 3.05) is 6.61 Å². The highest BCUT2D eigenvalue weighted by atomic mass is 32.1. The molecule has 0 unspecified atom stereocenters. The predicted octanol–water partition coefficient (Wildman–Crippen LogP) is 2.77. The van der Waals surface area contributed by atoms with Crippen LogP contribution in [0.15, 0.2) is 35.7 Å². The Balaban J connectivity index is 2.01. The lowest BCUT2D eigenvalue weighted by molar-refractivity contribution is -0.385. The third-order valence-corrected chi connectivity index (χ3v) is 3.55. The Morgan fingerprint density at radius 1 is 1.37 bits per heavy atom. The second-order valence-corrected chi connectivity index (χ2v) is 4.92. The molecule has 1 aromatic heterocycles. The van der Waals surface area contributed by atoms with Crippen molar-refractivity contribution in [3.8, 4) is 5.75 Å². The van der Waals surface area contributed by atoms with Crippen molar-refractivity contribution in [1.82, 2.24) is 0 Å². The van der Waals surface area contributed by atoms with Crippen LogP contribution in [0.1, 0.15) is 10.4 Å². The average molecular weight is 279 g/mol. The van der Waals surface area contributed by atoms with E-state index in [0.717, 1.165) is 6.42 Å². The fourth-order valence-corrected chi connectivity index (χ4v) is 2.35. The molecule has 2 rings (SSSR count). The predicted molar refractivity (Wildman–Crippen MR) is 72.5 cm³/mol. The van der Waals surface area contributed by atoms with E-state index in [1.165, 1.54) is 23.1 Å². The van der Waals surface area contributed by atoms with E-state index in [0.29, 0.717) is 17.9 Å². The lowest BCUT2D eigenvalue weighted by Gasteiger charge is -2.09. The third kappa shape index (κ3) is 3.52. The Labute approximate surface area is 114 Å². The number of ether oxygens (including phenoxy) is 1. The van der Waals surface area contributed by atoms with E-state index in [1.807, 2.05) is 17.5 Å². The van der Waals surface area contributed by atoms with Gasteiger partial charge >= 0.3 is 0 Å². The van der Waals surface area contributed by atoms with E-state index in [1.54, 1.807) is 11.3 Å². The second-order valence-electron chi connectivity index (χ2n) is 3.89. The second kappa shape index (κ2) is 6.31. The van der Waals surface area contributed by atoms with Gasteiger partial charge in [0, 0.05) is 29.0 Å². The van der Waals surface area contributed by atoms with Crippen LogP contribution in [0.2, 0.25) is 0 Å². The van der Waals surface area contributed by atoms with Gasteiger partial charge in [-0.25, -0.2) is 0 Å². The maximum atomic E-state index is 10.6. The van der Waals surface area contributed by atoms with Gasteiger partial charge in [-0.15, -0.1) is 11.3 Å². The average Bonchev–Trinajstić information content (AvgIpc) is 2.92. The number of aliphatic hydroxyl groups excluding tert-OH is 1. The first kappa shape index (κ1) is 13.5. The zero-order valence-corrected chi connectivity index (χ0v) is 10.9. The molecule has 1 aromatic carbocycles. The molecule has 0 amide bonds. The van der Waals surface area contributed by atoms with Crippen LogP contribution in [0.5, 0.6) is 5.75 Å². The van der Waals surface area contributed by atoms with E-state index in [-0.39, 0.29) is 12.3 Å². The van der Waals surface area contributed by atoms with E-state index in [2.05, 4.69) is 0 Å². The molecule has 19 heavy (non-hydrogen) atoms. The minimum atomic E-state index is -0.491. The lowest BCUT2D eigenvalue weighted by Crippen LogP contribution is -2.03. The first-order valence-electron chi connectivity index (χ1n) is 5.74. The van der Waals surface area contributed by atoms with E-state index in [9.17, 15) is 15.2 Å². The summed E-state index contributed by atoms with van der Waals surface area (Å²) >= 11 is 1.66. The molecule has 0 atom stereocenters. The quantitative estimate of drug-likeness (QED) is 0.652. The zero-order chi connectivity index (χ0) is 13.7. The fraction of sp³-hybridized carbons (Fsp3) is 0.231. The molecule has 0 aliphatic heterocycles. The van der Waals surface area contributed by atoms with E-state index in [4.69, 9.17) is 4.74 Å². The molecule has 100 valence electrons. The van der Waals surface area contributed by atoms with Crippen LogP contribution in [-0.4, -0.2) is 16.6 Å². The molecule has 0 fully saturated rings. The van der Waals surface area contributed by atoms with Crippen molar-refractivity contribution in [1.29, 1.82) is 0 Å². The van der Waals surface area contributed by atoms with Crippen LogP contribution in [0, 0.1) is 10.1 Å². The Morgan fingerprint density at radius 3 is 2.84 bits per heavy atom. The molecule has 5 nitrogen and oxygen atoms in total. The molecule has 0 saturated carbocycles. The molecule has 0 bridgehead atoms. The van der Waals surface area contributed by atoms with Crippen LogP contribution < -0.4 is 4.74 Å². The van der Waals surface area contributed by atoms with Crippen LogP contribution in [0.3, 0.4) is 0 Å². The van der Waals surface area contributed by atoms with Gasteiger partial charge in [0.2, 0.25) is 0 Å². The summed E-state index contributed by atoms with van der Waals surface area (Å²) in [5.74, 6) is 0.490. The van der Waals surface area contributed by atoms with Gasteiger partial charge in [-0.05, 0) is 17.5 Å². The normalized spacial score (nSPS) is 10.4. The maximum absolute atomic E-state index is 10.6. The van der Waals surface area contributed by atoms with Gasteiger partial charge in [-0.2, -0.15) is 0 Å². The Hall–Kier alpha value is -1.92. The number of benzene rings is 1. The molecule has 0 saturated heterocycles. The van der Waals surface area contributed by atoms with Crippen LogP contribution >= 0.6 is 11.3 Å². The third-order valence-electron chi connectivity index (χ3n) is 2.61. The number of non-ortho nitro benzene ring substituents is 1. The van der Waals surface area contributed by atoms with Gasteiger partial charge in [0.05, 0.1) is 18.1 Å². The summed E-state index contributed by atoms with van der Waals surface area (Å²) in [6, 6.07) is 8.24. The summed E-state index contributed by atoms with van der Waals surface area (Å²) in [6.45, 7) is 0.196. The largest absolute Gasteiger partial charge is 0.493 e. The van der Waals surface area contributed by atoms with Crippen molar-refractivity contribution in [2.24, 2.45) is 0 Å². The fourth-order valence-electron chi connectivity index (χ4n) is 1.66. The highest BCUT2D eigenvalue weighted by molar-refractivity contribution is 7.09. The first-order chi connectivity index (χ1) is 9.20. The summed E-state index contributed by atoms with van der Waals surface area (Å²) in [5.41, 5.74) is 0.384. The molecule has 0 spiro atoms. The smallest absolute Gasteiger partial charge is 0.270 e. The Morgan fingerprint density at radius 2 is 2.21 bits per heavy atom. The lowest BCUT2D eigenvalue weighted by atomic mass is 10.2. The minimum Gasteiger partial charge on any atom is -0.493 e. The molecular formula is C13H13NO4S. The molecule has 1 heterocycles. The monoisotopic (exact) mass is 279 g/mol. The number of nitro groups is 1. The number of aliphatic hydroxyl groups is 1. The summed E-state index contributed by atoms with van der Waals surface area (Å²) in [5, 5.41) is 21.8. The van der Waals surface area contributed by atoms with Crippen molar-refractivity contribution in [3.63, 3.8) is 0 Å². The molecule has 0 aliphatic carbocycles. The van der Waals surface area contributed by atoms with Crippen LogP contribution in [0.25, 0.3) is 0 Å². The van der Waals surface area contributed by atoms with E-state index < -0.39 is 4.92 Å². The molecule has 2 aromatic rings. The number of hydrogen-bond donors (Lipinski definition) is 1. The summed E-state index contributed by atoms with van der Waals surface area (Å²) in [7, 11) is 0. The highest BCUT2D eigenvalue weighted by Crippen LogP contribution is 2.24. The number of rotatable bonds is 6. The van der Waals surface area contributed by atoms with Crippen molar-refractivity contribution < 1.29 is 14.8 Å². The van der Waals surface area contributed by atoms with Gasteiger partial charge < -0.3 is 9.84 Å². The van der Waals surface area contributed by atoms with Gasteiger partial charge in [0.1, 0.15) is 5.75 Å². The maximum Gasteiger partial charge on any atom is 0.270 e. The highest BCUT2D eigenvalue weighted by Gasteiger charge is 2.11. The summed E-state index contributed by atoms with van der Waals surface area (Å²) < 4.78 is 5.56. The molecule has 6 heteroatoms. The van der Waals surface area contributed by atoms with Crippen LogP contribution in [0.4, 0.5) is 5.69 Å². The van der Waals surface area contributed by atoms with E-state index >= 15 is 0 Å². The topological polar surface area (TPSA) is 72.6 Å². The van der Waals surface area contributed by atoms with Gasteiger partial charge in [-0.1, -0.05) is 6.07 Å². The summed E-state index contributed by atoms with van der Waals surface area (Å²) in [4.78, 5) is 11.4. The molecule has 1 N–H and O–H groups in total. The molecule has 0 radical (unpaired) electrons. The standard InChI is InChI=1S/C13H13NO4S/c15-9-10-8-11(14(16)17)3-4-13(10)18-6-5-12-2-1-7-19-12/h1-4,7-8,15H,5-6,9H2. The Kier molecular flexibility index (Phi) is 4.48. The van der Waals surface area contributed by atoms with Crippen LogP contribution in [-0.2, 0) is 13.0 Å². The Bertz CT molecular complexity index is 554. The summed E-state index contributed by atoms with van der Waals surface area (Å²) in [6.07, 6.45) is 0.777. The minimum absolute atomic E-state index is 0.0466. The van der Waals surface area contributed by atoms with Crippen molar-refractivity contribution >= 4 is 17.0 Å². The number of nitro benzene ring substituents is 1. The van der Waals surface area contributed by atoms with Gasteiger partial charge in [0.25, 0.3) is 5.69 Å². The molecular weight excluding hydrogens is 266 g/mol. The van der Waals surface area contributed by atoms with Crippen molar-refractivity contribution in [3.05, 3.63) is 56.3 Å². The molecule has 0 aliphatic rings.